The van der Waals surface area contributed by atoms with Crippen molar-refractivity contribution in [2.45, 2.75) is 77.6 Å². The molecule has 2 N–H and O–H groups in total. The molecule has 0 aliphatic rings. The third-order valence-corrected chi connectivity index (χ3v) is 4.30. The predicted molar refractivity (Wildman–Crippen MR) is 107 cm³/mol. The Morgan fingerprint density at radius 3 is 2.40 bits per heavy atom. The average molecular weight is 346 g/mol. The van der Waals surface area contributed by atoms with Gasteiger partial charge in [-0.05, 0) is 43.4 Å². The minimum Gasteiger partial charge on any atom is -0.481 e. The SMILES string of the molecule is CCCCCCCCCC=CCCCNc1cccc(CC(=O)O)c1. The topological polar surface area (TPSA) is 49.3 Å². The van der Waals surface area contributed by atoms with Crippen molar-refractivity contribution in [3.63, 3.8) is 0 Å². The number of carboxylic acid groups (broad SMARTS) is 1. The first kappa shape index (κ1) is 21.3. The lowest BCUT2D eigenvalue weighted by atomic mass is 10.1. The number of unbranched alkanes of at least 4 members (excludes halogenated alkanes) is 8. The Bertz CT molecular complexity index is 497. The molecular formula is C22H35NO2. The van der Waals surface area contributed by atoms with E-state index in [0.29, 0.717) is 0 Å². The van der Waals surface area contributed by atoms with Gasteiger partial charge in [0.05, 0.1) is 6.42 Å². The summed E-state index contributed by atoms with van der Waals surface area (Å²) >= 11 is 0. The van der Waals surface area contributed by atoms with Crippen molar-refractivity contribution in [2.75, 3.05) is 11.9 Å². The molecule has 3 nitrogen and oxygen atoms in total. The molecule has 0 atom stereocenters. The van der Waals surface area contributed by atoms with Gasteiger partial charge in [-0.3, -0.25) is 4.79 Å². The van der Waals surface area contributed by atoms with Gasteiger partial charge < -0.3 is 10.4 Å². The van der Waals surface area contributed by atoms with E-state index in [1.165, 1.54) is 51.4 Å². The van der Waals surface area contributed by atoms with Gasteiger partial charge in [-0.2, -0.15) is 0 Å². The van der Waals surface area contributed by atoms with Gasteiger partial charge in [-0.1, -0.05) is 69.7 Å². The van der Waals surface area contributed by atoms with Gasteiger partial charge in [0.2, 0.25) is 0 Å². The van der Waals surface area contributed by atoms with Gasteiger partial charge >= 0.3 is 5.97 Å². The van der Waals surface area contributed by atoms with Crippen LogP contribution in [-0.2, 0) is 11.2 Å². The predicted octanol–water partition coefficient (Wildman–Crippen LogP) is 6.20. The Balaban J connectivity index is 2.00. The van der Waals surface area contributed by atoms with E-state index in [4.69, 9.17) is 5.11 Å². The number of hydrogen-bond donors (Lipinski definition) is 2. The van der Waals surface area contributed by atoms with Crippen LogP contribution in [0, 0.1) is 0 Å². The van der Waals surface area contributed by atoms with E-state index in [2.05, 4.69) is 24.4 Å². The molecule has 0 fully saturated rings. The summed E-state index contributed by atoms with van der Waals surface area (Å²) in [6.45, 7) is 3.18. The normalized spacial score (nSPS) is 11.1. The van der Waals surface area contributed by atoms with Crippen LogP contribution < -0.4 is 5.32 Å². The maximum atomic E-state index is 10.7. The number of nitrogens with one attached hydrogen (secondary N) is 1. The molecule has 0 amide bonds. The van der Waals surface area contributed by atoms with Gasteiger partial charge in [0, 0.05) is 12.2 Å². The summed E-state index contributed by atoms with van der Waals surface area (Å²) < 4.78 is 0. The van der Waals surface area contributed by atoms with Gasteiger partial charge in [0.1, 0.15) is 0 Å². The second-order valence-corrected chi connectivity index (χ2v) is 6.72. The Labute approximate surface area is 153 Å². The maximum absolute atomic E-state index is 10.7. The molecule has 0 bridgehead atoms. The van der Waals surface area contributed by atoms with Crippen molar-refractivity contribution >= 4 is 11.7 Å². The van der Waals surface area contributed by atoms with Crippen LogP contribution in [0.15, 0.2) is 36.4 Å². The lowest BCUT2D eigenvalue weighted by molar-refractivity contribution is -0.136. The number of anilines is 1. The monoisotopic (exact) mass is 345 g/mol. The molecule has 0 saturated carbocycles. The maximum Gasteiger partial charge on any atom is 0.307 e. The second kappa shape index (κ2) is 14.6. The van der Waals surface area contributed by atoms with Crippen molar-refractivity contribution in [3.05, 3.63) is 42.0 Å². The van der Waals surface area contributed by atoms with E-state index in [9.17, 15) is 4.79 Å². The number of benzene rings is 1. The Kier molecular flexibility index (Phi) is 12.4. The summed E-state index contributed by atoms with van der Waals surface area (Å²) in [7, 11) is 0. The first-order chi connectivity index (χ1) is 12.2. The van der Waals surface area contributed by atoms with Crippen LogP contribution in [0.3, 0.4) is 0 Å². The molecule has 1 rings (SSSR count). The minimum absolute atomic E-state index is 0.0802. The van der Waals surface area contributed by atoms with E-state index in [-0.39, 0.29) is 6.42 Å². The van der Waals surface area contributed by atoms with E-state index >= 15 is 0 Å². The summed E-state index contributed by atoms with van der Waals surface area (Å²) in [6, 6.07) is 7.67. The van der Waals surface area contributed by atoms with E-state index in [0.717, 1.165) is 30.6 Å². The van der Waals surface area contributed by atoms with Crippen LogP contribution in [0.4, 0.5) is 5.69 Å². The van der Waals surface area contributed by atoms with E-state index in [1.807, 2.05) is 24.3 Å². The van der Waals surface area contributed by atoms with Crippen LogP contribution in [0.5, 0.6) is 0 Å². The first-order valence-electron chi connectivity index (χ1n) is 9.92. The number of aliphatic carboxylic acids is 1. The van der Waals surface area contributed by atoms with Crippen molar-refractivity contribution in [1.29, 1.82) is 0 Å². The van der Waals surface area contributed by atoms with Gasteiger partial charge in [0.25, 0.3) is 0 Å². The highest BCUT2D eigenvalue weighted by Crippen LogP contribution is 2.12. The molecule has 0 aliphatic carbocycles. The number of carboxylic acids is 1. The molecule has 1 aromatic rings. The highest BCUT2D eigenvalue weighted by Gasteiger charge is 2.00. The van der Waals surface area contributed by atoms with Crippen molar-refractivity contribution in [1.82, 2.24) is 0 Å². The third-order valence-electron chi connectivity index (χ3n) is 4.30. The quantitative estimate of drug-likeness (QED) is 0.294. The fraction of sp³-hybridized carbons (Fsp3) is 0.591. The molecule has 3 heteroatoms. The lowest BCUT2D eigenvalue weighted by Crippen LogP contribution is -2.03. The first-order valence-corrected chi connectivity index (χ1v) is 9.92. The smallest absolute Gasteiger partial charge is 0.307 e. The molecule has 0 saturated heterocycles. The van der Waals surface area contributed by atoms with Crippen LogP contribution >= 0.6 is 0 Å². The Morgan fingerprint density at radius 2 is 1.68 bits per heavy atom. The molecule has 0 aromatic heterocycles. The molecule has 0 unspecified atom stereocenters. The lowest BCUT2D eigenvalue weighted by Gasteiger charge is -2.06. The molecule has 1 aromatic carbocycles. The van der Waals surface area contributed by atoms with E-state index in [1.54, 1.807) is 0 Å². The summed E-state index contributed by atoms with van der Waals surface area (Å²) in [5.41, 5.74) is 1.85. The summed E-state index contributed by atoms with van der Waals surface area (Å²) in [6.07, 6.45) is 17.7. The van der Waals surface area contributed by atoms with E-state index < -0.39 is 5.97 Å². The molecule has 0 radical (unpaired) electrons. The largest absolute Gasteiger partial charge is 0.481 e. The van der Waals surface area contributed by atoms with Gasteiger partial charge in [0.15, 0.2) is 0 Å². The standard InChI is InChI=1S/C22H35NO2/c1-2-3-4-5-6-7-8-9-10-11-12-13-17-23-21-16-14-15-20(18-21)19-22(24)25/h10-11,14-16,18,23H,2-9,12-13,17,19H2,1H3,(H,24,25). The minimum atomic E-state index is -0.789. The zero-order chi connectivity index (χ0) is 18.2. The number of rotatable bonds is 15. The molecule has 0 aliphatic heterocycles. The average Bonchev–Trinajstić information content (AvgIpc) is 2.59. The summed E-state index contributed by atoms with van der Waals surface area (Å²) in [5.74, 6) is -0.789. The Hall–Kier alpha value is -1.77. The highest BCUT2D eigenvalue weighted by molar-refractivity contribution is 5.70. The van der Waals surface area contributed by atoms with Crippen LogP contribution in [0.2, 0.25) is 0 Å². The van der Waals surface area contributed by atoms with Crippen molar-refractivity contribution in [2.24, 2.45) is 0 Å². The molecule has 25 heavy (non-hydrogen) atoms. The Morgan fingerprint density at radius 1 is 1.00 bits per heavy atom. The number of carbonyl (C=O) groups is 1. The van der Waals surface area contributed by atoms with Crippen LogP contribution in [-0.4, -0.2) is 17.6 Å². The fourth-order valence-electron chi connectivity index (χ4n) is 2.87. The summed E-state index contributed by atoms with van der Waals surface area (Å²) in [4.78, 5) is 10.7. The molecule has 0 spiro atoms. The van der Waals surface area contributed by atoms with Crippen molar-refractivity contribution in [3.8, 4) is 0 Å². The molecule has 0 heterocycles. The highest BCUT2D eigenvalue weighted by atomic mass is 16.4. The molecular weight excluding hydrogens is 310 g/mol. The van der Waals surface area contributed by atoms with Crippen molar-refractivity contribution < 1.29 is 9.90 Å². The number of hydrogen-bond acceptors (Lipinski definition) is 2. The zero-order valence-corrected chi connectivity index (χ0v) is 15.8. The zero-order valence-electron chi connectivity index (χ0n) is 15.8. The third kappa shape index (κ3) is 12.3. The fourth-order valence-corrected chi connectivity index (χ4v) is 2.87. The van der Waals surface area contributed by atoms with Gasteiger partial charge in [-0.25, -0.2) is 0 Å². The van der Waals surface area contributed by atoms with Gasteiger partial charge in [-0.15, -0.1) is 0 Å². The molecule has 140 valence electrons. The second-order valence-electron chi connectivity index (χ2n) is 6.72. The number of allylic oxidation sites excluding steroid dienone is 2. The van der Waals surface area contributed by atoms with Crippen LogP contribution in [0.1, 0.15) is 76.7 Å². The van der Waals surface area contributed by atoms with Crippen LogP contribution in [0.25, 0.3) is 0 Å². The summed E-state index contributed by atoms with van der Waals surface area (Å²) in [5, 5.41) is 12.2.